The first-order valence-corrected chi connectivity index (χ1v) is 9.23. The zero-order valence-electron chi connectivity index (χ0n) is 12.6. The maximum Gasteiger partial charge on any atom is 0.0541 e. The molecule has 1 aromatic rings. The first kappa shape index (κ1) is 17.9. The van der Waals surface area contributed by atoms with Crippen molar-refractivity contribution in [3.63, 3.8) is 0 Å². The quantitative estimate of drug-likeness (QED) is 0.406. The van der Waals surface area contributed by atoms with Crippen molar-refractivity contribution in [1.82, 2.24) is 0 Å². The van der Waals surface area contributed by atoms with Gasteiger partial charge < -0.3 is 5.73 Å². The maximum atomic E-state index is 6.17. The van der Waals surface area contributed by atoms with E-state index in [4.69, 9.17) is 17.3 Å². The average molecular weight is 314 g/mol. The predicted molar refractivity (Wildman–Crippen MR) is 92.8 cm³/mol. The monoisotopic (exact) mass is 313 g/mol. The molecule has 1 aromatic carbocycles. The number of hydrogen-bond acceptors (Lipinski definition) is 2. The first-order chi connectivity index (χ1) is 9.74. The molecule has 1 nitrogen and oxygen atoms in total. The minimum atomic E-state index is 0.284. The Morgan fingerprint density at radius 1 is 1.05 bits per heavy atom. The summed E-state index contributed by atoms with van der Waals surface area (Å²) in [6.07, 6.45) is 10.6. The van der Waals surface area contributed by atoms with Crippen LogP contribution in [0.1, 0.15) is 58.3 Å². The number of halogens is 1. The molecule has 0 saturated heterocycles. The van der Waals surface area contributed by atoms with Crippen molar-refractivity contribution in [2.75, 3.05) is 5.75 Å². The van der Waals surface area contributed by atoms with Crippen molar-refractivity contribution in [2.24, 2.45) is 5.73 Å². The lowest BCUT2D eigenvalue weighted by Gasteiger charge is -2.11. The number of nitrogens with two attached hydrogens (primary N) is 1. The van der Waals surface area contributed by atoms with Crippen molar-refractivity contribution in [3.8, 4) is 0 Å². The van der Waals surface area contributed by atoms with Crippen LogP contribution in [0.25, 0.3) is 0 Å². The summed E-state index contributed by atoms with van der Waals surface area (Å²) in [4.78, 5) is 1.14. The van der Waals surface area contributed by atoms with E-state index >= 15 is 0 Å². The van der Waals surface area contributed by atoms with Crippen molar-refractivity contribution < 1.29 is 0 Å². The summed E-state index contributed by atoms with van der Waals surface area (Å²) in [5.74, 6) is 0.958. The molecule has 0 fully saturated rings. The topological polar surface area (TPSA) is 26.0 Å². The van der Waals surface area contributed by atoms with Gasteiger partial charge in [0.05, 0.1) is 5.02 Å². The summed E-state index contributed by atoms with van der Waals surface area (Å²) in [7, 11) is 0. The third-order valence-electron chi connectivity index (χ3n) is 3.47. The molecule has 1 rings (SSSR count). The summed E-state index contributed by atoms with van der Waals surface area (Å²) in [6.45, 7) is 2.26. The molecule has 0 aliphatic heterocycles. The summed E-state index contributed by atoms with van der Waals surface area (Å²) >= 11 is 7.91. The van der Waals surface area contributed by atoms with E-state index < -0.39 is 0 Å². The molecule has 0 aromatic heterocycles. The SMILES string of the molecule is CCCCCCCCCC(N)CSc1ccccc1Cl. The van der Waals surface area contributed by atoms with E-state index in [1.54, 1.807) is 11.8 Å². The van der Waals surface area contributed by atoms with Crippen LogP contribution in [0.5, 0.6) is 0 Å². The van der Waals surface area contributed by atoms with E-state index in [0.717, 1.165) is 22.1 Å². The van der Waals surface area contributed by atoms with Gasteiger partial charge in [0.1, 0.15) is 0 Å². The molecule has 3 heteroatoms. The molecular formula is C17H28ClNS. The molecule has 0 spiro atoms. The van der Waals surface area contributed by atoms with Gasteiger partial charge in [-0.15, -0.1) is 11.8 Å². The Morgan fingerprint density at radius 3 is 2.40 bits per heavy atom. The third kappa shape index (κ3) is 8.18. The predicted octanol–water partition coefficient (Wildman–Crippen LogP) is 5.90. The molecule has 0 bridgehead atoms. The Bertz CT molecular complexity index is 357. The van der Waals surface area contributed by atoms with Crippen LogP contribution in [-0.4, -0.2) is 11.8 Å². The van der Waals surface area contributed by atoms with Gasteiger partial charge in [-0.25, -0.2) is 0 Å². The van der Waals surface area contributed by atoms with Gasteiger partial charge >= 0.3 is 0 Å². The molecule has 114 valence electrons. The summed E-state index contributed by atoms with van der Waals surface area (Å²) < 4.78 is 0. The third-order valence-corrected chi connectivity index (χ3v) is 5.17. The highest BCUT2D eigenvalue weighted by Crippen LogP contribution is 2.27. The fourth-order valence-corrected chi connectivity index (χ4v) is 3.45. The highest BCUT2D eigenvalue weighted by atomic mass is 35.5. The summed E-state index contributed by atoms with van der Waals surface area (Å²) in [5.41, 5.74) is 6.17. The van der Waals surface area contributed by atoms with Crippen LogP contribution in [0, 0.1) is 0 Å². The molecule has 0 heterocycles. The van der Waals surface area contributed by atoms with Crippen LogP contribution in [0.15, 0.2) is 29.2 Å². The maximum absolute atomic E-state index is 6.17. The fourth-order valence-electron chi connectivity index (χ4n) is 2.21. The van der Waals surface area contributed by atoms with Crippen molar-refractivity contribution in [1.29, 1.82) is 0 Å². The summed E-state index contributed by atoms with van der Waals surface area (Å²) in [5, 5.41) is 0.834. The fraction of sp³-hybridized carbons (Fsp3) is 0.647. The minimum Gasteiger partial charge on any atom is -0.327 e. The van der Waals surface area contributed by atoms with E-state index in [9.17, 15) is 0 Å². The Kier molecular flexibility index (Phi) is 10.3. The van der Waals surface area contributed by atoms with Crippen molar-refractivity contribution >= 4 is 23.4 Å². The zero-order chi connectivity index (χ0) is 14.6. The van der Waals surface area contributed by atoms with Gasteiger partial charge in [0, 0.05) is 16.7 Å². The Morgan fingerprint density at radius 2 is 1.70 bits per heavy atom. The van der Waals surface area contributed by atoms with Gasteiger partial charge in [-0.05, 0) is 18.6 Å². The van der Waals surface area contributed by atoms with E-state index in [1.165, 1.54) is 44.9 Å². The largest absolute Gasteiger partial charge is 0.327 e. The molecule has 0 aliphatic rings. The lowest BCUT2D eigenvalue weighted by molar-refractivity contribution is 0.549. The van der Waals surface area contributed by atoms with Crippen LogP contribution in [0.2, 0.25) is 5.02 Å². The van der Waals surface area contributed by atoms with E-state index in [0.29, 0.717) is 0 Å². The van der Waals surface area contributed by atoms with E-state index in [1.807, 2.05) is 18.2 Å². The second-order valence-corrected chi connectivity index (χ2v) is 6.88. The Balaban J connectivity index is 2.03. The normalized spacial score (nSPS) is 12.6. The number of rotatable bonds is 11. The Labute approximate surface area is 133 Å². The van der Waals surface area contributed by atoms with Gasteiger partial charge in [-0.3, -0.25) is 0 Å². The number of unbranched alkanes of at least 4 members (excludes halogenated alkanes) is 6. The lowest BCUT2D eigenvalue weighted by atomic mass is 10.1. The number of thioether (sulfide) groups is 1. The van der Waals surface area contributed by atoms with Gasteiger partial charge in [-0.2, -0.15) is 0 Å². The van der Waals surface area contributed by atoms with Crippen LogP contribution in [-0.2, 0) is 0 Å². The van der Waals surface area contributed by atoms with Gasteiger partial charge in [-0.1, -0.05) is 75.6 Å². The van der Waals surface area contributed by atoms with E-state index in [-0.39, 0.29) is 6.04 Å². The summed E-state index contributed by atoms with van der Waals surface area (Å²) in [6, 6.07) is 8.27. The van der Waals surface area contributed by atoms with Crippen LogP contribution < -0.4 is 5.73 Å². The standard InChI is InChI=1S/C17H28ClNS/c1-2-3-4-5-6-7-8-11-15(19)14-20-17-13-10-9-12-16(17)18/h9-10,12-13,15H,2-8,11,14,19H2,1H3. The Hall–Kier alpha value is -0.180. The molecule has 1 unspecified atom stereocenters. The molecule has 1 atom stereocenters. The van der Waals surface area contributed by atoms with Gasteiger partial charge in [0.25, 0.3) is 0 Å². The number of benzene rings is 1. The highest BCUT2D eigenvalue weighted by Gasteiger charge is 2.05. The van der Waals surface area contributed by atoms with E-state index in [2.05, 4.69) is 13.0 Å². The molecular weight excluding hydrogens is 286 g/mol. The van der Waals surface area contributed by atoms with Crippen LogP contribution in [0.3, 0.4) is 0 Å². The second-order valence-electron chi connectivity index (χ2n) is 5.41. The minimum absolute atomic E-state index is 0.284. The average Bonchev–Trinajstić information content (AvgIpc) is 2.45. The van der Waals surface area contributed by atoms with Gasteiger partial charge in [0.2, 0.25) is 0 Å². The van der Waals surface area contributed by atoms with Crippen LogP contribution in [0.4, 0.5) is 0 Å². The van der Waals surface area contributed by atoms with Crippen LogP contribution >= 0.6 is 23.4 Å². The first-order valence-electron chi connectivity index (χ1n) is 7.87. The molecule has 0 saturated carbocycles. The highest BCUT2D eigenvalue weighted by molar-refractivity contribution is 7.99. The second kappa shape index (κ2) is 11.5. The lowest BCUT2D eigenvalue weighted by Crippen LogP contribution is -2.22. The zero-order valence-corrected chi connectivity index (χ0v) is 14.2. The molecule has 0 amide bonds. The smallest absolute Gasteiger partial charge is 0.0541 e. The number of hydrogen-bond donors (Lipinski definition) is 1. The van der Waals surface area contributed by atoms with Crippen molar-refractivity contribution in [2.45, 2.75) is 69.2 Å². The molecule has 0 aliphatic carbocycles. The van der Waals surface area contributed by atoms with Gasteiger partial charge in [0.15, 0.2) is 0 Å². The molecule has 2 N–H and O–H groups in total. The molecule has 0 radical (unpaired) electrons. The molecule has 20 heavy (non-hydrogen) atoms. The van der Waals surface area contributed by atoms with Crippen molar-refractivity contribution in [3.05, 3.63) is 29.3 Å².